The molecule has 8 nitrogen and oxygen atoms in total. The van der Waals surface area contributed by atoms with Gasteiger partial charge in [-0.1, -0.05) is 48.5 Å². The molecule has 2 aromatic rings. The van der Waals surface area contributed by atoms with Gasteiger partial charge in [-0.2, -0.15) is 0 Å². The van der Waals surface area contributed by atoms with E-state index in [1.54, 1.807) is 14.0 Å². The van der Waals surface area contributed by atoms with E-state index in [4.69, 9.17) is 4.74 Å². The summed E-state index contributed by atoms with van der Waals surface area (Å²) in [4.78, 5) is 40.3. The van der Waals surface area contributed by atoms with Gasteiger partial charge in [-0.05, 0) is 49.3 Å². The second-order valence-corrected chi connectivity index (χ2v) is 9.64. The summed E-state index contributed by atoms with van der Waals surface area (Å²) in [5.74, 6) is 0.150. The molecule has 0 aromatic heterocycles. The molecule has 0 spiro atoms. The highest BCUT2D eigenvalue weighted by molar-refractivity contribution is 5.92. The van der Waals surface area contributed by atoms with Crippen molar-refractivity contribution in [1.82, 2.24) is 20.9 Å². The van der Waals surface area contributed by atoms with Gasteiger partial charge in [-0.3, -0.25) is 14.4 Å². The third-order valence-corrected chi connectivity index (χ3v) is 7.04. The van der Waals surface area contributed by atoms with Crippen LogP contribution in [0, 0.1) is 0 Å². The number of rotatable bonds is 2. The Morgan fingerprint density at radius 3 is 2.50 bits per heavy atom. The Hall–Kier alpha value is -3.39. The molecule has 2 aromatic carbocycles. The Morgan fingerprint density at radius 2 is 1.72 bits per heavy atom. The Morgan fingerprint density at radius 1 is 0.972 bits per heavy atom. The van der Waals surface area contributed by atoms with Crippen molar-refractivity contribution in [2.24, 2.45) is 0 Å². The molecule has 2 heterocycles. The van der Waals surface area contributed by atoms with Crippen LogP contribution in [0.1, 0.15) is 36.5 Å². The molecule has 1 unspecified atom stereocenters. The molecule has 2 aliphatic heterocycles. The van der Waals surface area contributed by atoms with Crippen molar-refractivity contribution >= 4 is 17.7 Å². The fraction of sp³-hybridized carbons (Fsp3) is 0.464. The highest BCUT2D eigenvalue weighted by atomic mass is 16.5. The van der Waals surface area contributed by atoms with Crippen LogP contribution in [-0.2, 0) is 33.6 Å². The van der Waals surface area contributed by atoms with Crippen molar-refractivity contribution in [1.29, 1.82) is 0 Å². The Bertz CT molecular complexity index is 1070. The lowest BCUT2D eigenvalue weighted by molar-refractivity contribution is -0.138. The zero-order valence-electron chi connectivity index (χ0n) is 21.1. The van der Waals surface area contributed by atoms with E-state index in [1.807, 2.05) is 30.3 Å². The maximum Gasteiger partial charge on any atom is 0.243 e. The van der Waals surface area contributed by atoms with E-state index in [-0.39, 0.29) is 30.4 Å². The molecule has 3 atom stereocenters. The molecule has 0 saturated carbocycles. The first-order valence-corrected chi connectivity index (χ1v) is 12.8. The summed E-state index contributed by atoms with van der Waals surface area (Å²) < 4.78 is 6.32. The number of hydrogen-bond acceptors (Lipinski definition) is 5. The average Bonchev–Trinajstić information content (AvgIpc) is 2.89. The molecule has 3 N–H and O–H groups in total. The van der Waals surface area contributed by atoms with Crippen molar-refractivity contribution in [3.8, 4) is 5.75 Å². The Labute approximate surface area is 212 Å². The van der Waals surface area contributed by atoms with Crippen LogP contribution in [-0.4, -0.2) is 67.5 Å². The lowest BCUT2D eigenvalue weighted by atomic mass is 9.97. The molecule has 36 heavy (non-hydrogen) atoms. The van der Waals surface area contributed by atoms with E-state index in [0.717, 1.165) is 42.6 Å². The molecule has 0 fully saturated rings. The van der Waals surface area contributed by atoms with Gasteiger partial charge in [0.1, 0.15) is 23.9 Å². The predicted octanol–water partition coefficient (Wildman–Crippen LogP) is 1.61. The molecule has 192 valence electrons. The van der Waals surface area contributed by atoms with E-state index in [1.165, 1.54) is 10.5 Å². The molecule has 3 amide bonds. The maximum absolute atomic E-state index is 13.1. The van der Waals surface area contributed by atoms with Crippen LogP contribution < -0.4 is 20.7 Å². The van der Waals surface area contributed by atoms with Gasteiger partial charge in [0.05, 0.1) is 6.54 Å². The van der Waals surface area contributed by atoms with Crippen molar-refractivity contribution in [2.75, 3.05) is 26.7 Å². The van der Waals surface area contributed by atoms with Crippen LogP contribution in [0.2, 0.25) is 0 Å². The van der Waals surface area contributed by atoms with E-state index >= 15 is 0 Å². The monoisotopic (exact) mass is 492 g/mol. The first kappa shape index (κ1) is 25.7. The summed E-state index contributed by atoms with van der Waals surface area (Å²) in [7, 11) is 1.61. The van der Waals surface area contributed by atoms with Gasteiger partial charge in [0.2, 0.25) is 17.7 Å². The van der Waals surface area contributed by atoms with Crippen molar-refractivity contribution in [3.05, 3.63) is 65.2 Å². The summed E-state index contributed by atoms with van der Waals surface area (Å²) in [6.45, 7) is 2.83. The third-order valence-electron chi connectivity index (χ3n) is 7.04. The lowest BCUT2D eigenvalue weighted by Gasteiger charge is -2.29. The summed E-state index contributed by atoms with van der Waals surface area (Å²) in [6.07, 6.45) is 3.69. The van der Waals surface area contributed by atoms with Crippen LogP contribution >= 0.6 is 0 Å². The smallest absolute Gasteiger partial charge is 0.243 e. The highest BCUT2D eigenvalue weighted by Crippen LogP contribution is 2.32. The van der Waals surface area contributed by atoms with Crippen LogP contribution in [0.3, 0.4) is 0 Å². The number of para-hydroxylation sites is 1. The lowest BCUT2D eigenvalue weighted by Crippen LogP contribution is -2.55. The molecule has 0 radical (unpaired) electrons. The minimum Gasteiger partial charge on any atom is -0.489 e. The van der Waals surface area contributed by atoms with E-state index in [0.29, 0.717) is 19.5 Å². The Balaban J connectivity index is 1.53. The number of benzene rings is 2. The summed E-state index contributed by atoms with van der Waals surface area (Å²) in [6, 6.07) is 14.4. The number of nitrogens with zero attached hydrogens (tertiary/aromatic N) is 1. The van der Waals surface area contributed by atoms with E-state index < -0.39 is 12.1 Å². The number of likely N-dealkylation sites (N-methyl/N-ethyl adjacent to an activating group) is 1. The first-order valence-electron chi connectivity index (χ1n) is 12.8. The highest BCUT2D eigenvalue weighted by Gasteiger charge is 2.28. The van der Waals surface area contributed by atoms with Crippen LogP contribution in [0.15, 0.2) is 48.5 Å². The number of amides is 3. The number of nitrogens with one attached hydrogen (secondary N) is 3. The summed E-state index contributed by atoms with van der Waals surface area (Å²) in [5, 5.41) is 9.07. The topological polar surface area (TPSA) is 99.8 Å². The van der Waals surface area contributed by atoms with Gasteiger partial charge in [-0.25, -0.2) is 0 Å². The second kappa shape index (κ2) is 12.0. The SMILES string of the molecule is C[C@@H]1C(=O)N[C@H](Cc2ccccc2)C(=O)NCCCc2cccc3c2OC(CC3)CNCC(=O)N1C. The van der Waals surface area contributed by atoms with Gasteiger partial charge < -0.3 is 25.6 Å². The molecular formula is C28H36N4O4. The van der Waals surface area contributed by atoms with E-state index in [2.05, 4.69) is 34.1 Å². The number of hydrogen-bond donors (Lipinski definition) is 3. The maximum atomic E-state index is 13.1. The number of carbonyl (C=O) groups excluding carboxylic acids is 3. The van der Waals surface area contributed by atoms with Gasteiger partial charge in [0, 0.05) is 26.6 Å². The number of ether oxygens (including phenoxy) is 1. The Kier molecular flexibility index (Phi) is 8.59. The van der Waals surface area contributed by atoms with Gasteiger partial charge in [0.15, 0.2) is 0 Å². The number of carbonyl (C=O) groups is 3. The molecule has 2 bridgehead atoms. The second-order valence-electron chi connectivity index (χ2n) is 9.64. The van der Waals surface area contributed by atoms with Crippen molar-refractivity contribution < 1.29 is 19.1 Å². The average molecular weight is 493 g/mol. The molecule has 4 rings (SSSR count). The molecule has 0 saturated heterocycles. The summed E-state index contributed by atoms with van der Waals surface area (Å²) in [5.41, 5.74) is 3.28. The predicted molar refractivity (Wildman–Crippen MR) is 138 cm³/mol. The fourth-order valence-electron chi connectivity index (χ4n) is 4.69. The molecule has 0 aliphatic carbocycles. The van der Waals surface area contributed by atoms with Crippen LogP contribution in [0.25, 0.3) is 0 Å². The number of aryl methyl sites for hydroxylation is 2. The van der Waals surface area contributed by atoms with Crippen molar-refractivity contribution in [2.45, 2.75) is 57.2 Å². The largest absolute Gasteiger partial charge is 0.489 e. The normalized spacial score (nSPS) is 24.1. The van der Waals surface area contributed by atoms with Crippen molar-refractivity contribution in [3.63, 3.8) is 0 Å². The van der Waals surface area contributed by atoms with Gasteiger partial charge in [-0.15, -0.1) is 0 Å². The van der Waals surface area contributed by atoms with Crippen LogP contribution in [0.5, 0.6) is 5.75 Å². The zero-order chi connectivity index (χ0) is 25.5. The molecule has 8 heteroatoms. The number of fused-ring (bicyclic) bond motifs is 1. The first-order chi connectivity index (χ1) is 17.4. The minimum absolute atomic E-state index is 0.0187. The standard InChI is InChI=1S/C28H36N4O4/c1-19-27(34)31-24(16-20-8-4-3-5-9-20)28(35)30-15-7-12-21-10-6-11-22-13-14-23(36-26(21)22)17-29-18-25(33)32(19)2/h3-6,8-11,19,23-24,29H,7,12-18H2,1-2H3,(H,30,35)(H,31,34)/t19-,23?,24-/m1/s1. The quantitative estimate of drug-likeness (QED) is 0.592. The van der Waals surface area contributed by atoms with Crippen LogP contribution in [0.4, 0.5) is 0 Å². The molecule has 2 aliphatic rings. The van der Waals surface area contributed by atoms with Gasteiger partial charge in [0.25, 0.3) is 0 Å². The zero-order valence-corrected chi connectivity index (χ0v) is 21.1. The minimum atomic E-state index is -0.739. The van der Waals surface area contributed by atoms with Gasteiger partial charge >= 0.3 is 0 Å². The fourth-order valence-corrected chi connectivity index (χ4v) is 4.69. The van der Waals surface area contributed by atoms with E-state index in [9.17, 15) is 14.4 Å². The molecular weight excluding hydrogens is 456 g/mol. The summed E-state index contributed by atoms with van der Waals surface area (Å²) >= 11 is 0. The third kappa shape index (κ3) is 6.43.